The number of likely N-dealkylation sites (tertiary alicyclic amines) is 1. The first-order valence-electron chi connectivity index (χ1n) is 7.31. The highest BCUT2D eigenvalue weighted by Gasteiger charge is 2.32. The SMILES string of the molecule is CC(C)NCCC1CCN(C2(C)C=CC=N2)CC1. The first kappa shape index (κ1) is 13.8. The first-order valence-corrected chi connectivity index (χ1v) is 7.31. The van der Waals surface area contributed by atoms with Gasteiger partial charge in [0.15, 0.2) is 0 Å². The largest absolute Gasteiger partial charge is 0.315 e. The molecule has 0 radical (unpaired) electrons. The summed E-state index contributed by atoms with van der Waals surface area (Å²) in [4.78, 5) is 7.09. The molecule has 1 saturated heterocycles. The van der Waals surface area contributed by atoms with Crippen LogP contribution in [0.15, 0.2) is 17.1 Å². The maximum atomic E-state index is 4.58. The minimum atomic E-state index is -0.0544. The number of hydrogen-bond acceptors (Lipinski definition) is 3. The second-order valence-corrected chi connectivity index (χ2v) is 6.06. The number of piperidine rings is 1. The number of aliphatic imine (C=N–C) groups is 1. The van der Waals surface area contributed by atoms with Crippen molar-refractivity contribution in [1.29, 1.82) is 0 Å². The Labute approximate surface area is 111 Å². The summed E-state index contributed by atoms with van der Waals surface area (Å²) in [6.07, 6.45) is 10.2. The number of nitrogens with one attached hydrogen (secondary N) is 1. The zero-order valence-corrected chi connectivity index (χ0v) is 12.0. The lowest BCUT2D eigenvalue weighted by Gasteiger charge is -2.40. The van der Waals surface area contributed by atoms with Crippen LogP contribution >= 0.6 is 0 Å². The van der Waals surface area contributed by atoms with Crippen molar-refractivity contribution in [2.24, 2.45) is 10.9 Å². The summed E-state index contributed by atoms with van der Waals surface area (Å²) in [5.41, 5.74) is -0.0544. The fourth-order valence-electron chi connectivity index (χ4n) is 2.90. The van der Waals surface area contributed by atoms with E-state index in [4.69, 9.17) is 0 Å². The van der Waals surface area contributed by atoms with Gasteiger partial charge in [0.2, 0.25) is 0 Å². The molecule has 18 heavy (non-hydrogen) atoms. The molecule has 1 unspecified atom stereocenters. The molecular formula is C15H27N3. The molecule has 2 rings (SSSR count). The summed E-state index contributed by atoms with van der Waals surface area (Å²) in [5.74, 6) is 0.894. The van der Waals surface area contributed by atoms with Crippen LogP contribution in [0, 0.1) is 5.92 Å². The van der Waals surface area contributed by atoms with Crippen molar-refractivity contribution in [3.63, 3.8) is 0 Å². The third-order valence-corrected chi connectivity index (χ3v) is 4.19. The van der Waals surface area contributed by atoms with Crippen LogP contribution in [0.1, 0.15) is 40.0 Å². The van der Waals surface area contributed by atoms with Gasteiger partial charge in [0.25, 0.3) is 0 Å². The van der Waals surface area contributed by atoms with Gasteiger partial charge in [-0.15, -0.1) is 0 Å². The average Bonchev–Trinajstić information content (AvgIpc) is 2.78. The summed E-state index contributed by atoms with van der Waals surface area (Å²) >= 11 is 0. The quantitative estimate of drug-likeness (QED) is 0.810. The minimum Gasteiger partial charge on any atom is -0.315 e. The van der Waals surface area contributed by atoms with Gasteiger partial charge in [-0.1, -0.05) is 13.8 Å². The highest BCUT2D eigenvalue weighted by Crippen LogP contribution is 2.29. The van der Waals surface area contributed by atoms with E-state index in [9.17, 15) is 0 Å². The molecule has 0 aromatic heterocycles. The highest BCUT2D eigenvalue weighted by atomic mass is 15.3. The average molecular weight is 249 g/mol. The molecule has 2 aliphatic rings. The Bertz CT molecular complexity index is 300. The van der Waals surface area contributed by atoms with Crippen molar-refractivity contribution in [3.8, 4) is 0 Å². The predicted octanol–water partition coefficient (Wildman–Crippen LogP) is 2.44. The van der Waals surface area contributed by atoms with Crippen LogP contribution in [0.5, 0.6) is 0 Å². The molecular weight excluding hydrogens is 222 g/mol. The third kappa shape index (κ3) is 3.42. The lowest BCUT2D eigenvalue weighted by molar-refractivity contribution is 0.0992. The number of allylic oxidation sites excluding steroid dienone is 1. The topological polar surface area (TPSA) is 27.6 Å². The second-order valence-electron chi connectivity index (χ2n) is 6.06. The molecule has 2 heterocycles. The van der Waals surface area contributed by atoms with Crippen LogP contribution in [-0.2, 0) is 0 Å². The molecule has 1 atom stereocenters. The van der Waals surface area contributed by atoms with E-state index in [1.54, 1.807) is 0 Å². The van der Waals surface area contributed by atoms with Gasteiger partial charge in [-0.3, -0.25) is 9.89 Å². The van der Waals surface area contributed by atoms with Gasteiger partial charge in [0.05, 0.1) is 0 Å². The Morgan fingerprint density at radius 1 is 1.39 bits per heavy atom. The van der Waals surface area contributed by atoms with Crippen LogP contribution in [0.4, 0.5) is 0 Å². The molecule has 2 aliphatic heterocycles. The molecule has 1 N–H and O–H groups in total. The van der Waals surface area contributed by atoms with E-state index < -0.39 is 0 Å². The van der Waals surface area contributed by atoms with Crippen molar-refractivity contribution < 1.29 is 0 Å². The molecule has 0 bridgehead atoms. The molecule has 0 amide bonds. The van der Waals surface area contributed by atoms with Crippen molar-refractivity contribution in [3.05, 3.63) is 12.2 Å². The lowest BCUT2D eigenvalue weighted by atomic mass is 9.92. The summed E-state index contributed by atoms with van der Waals surface area (Å²) < 4.78 is 0. The first-order chi connectivity index (χ1) is 8.60. The zero-order chi connectivity index (χ0) is 13.0. The van der Waals surface area contributed by atoms with Crippen LogP contribution < -0.4 is 5.32 Å². The third-order valence-electron chi connectivity index (χ3n) is 4.19. The molecule has 0 saturated carbocycles. The van der Waals surface area contributed by atoms with Gasteiger partial charge in [-0.25, -0.2) is 0 Å². The zero-order valence-electron chi connectivity index (χ0n) is 12.0. The van der Waals surface area contributed by atoms with Crippen LogP contribution in [-0.4, -0.2) is 42.5 Å². The Morgan fingerprint density at radius 2 is 2.11 bits per heavy atom. The summed E-state index contributed by atoms with van der Waals surface area (Å²) in [6.45, 7) is 10.2. The van der Waals surface area contributed by atoms with Crippen molar-refractivity contribution in [2.75, 3.05) is 19.6 Å². The molecule has 3 heteroatoms. The van der Waals surface area contributed by atoms with Crippen molar-refractivity contribution >= 4 is 6.21 Å². The van der Waals surface area contributed by atoms with Crippen molar-refractivity contribution in [1.82, 2.24) is 10.2 Å². The second kappa shape index (κ2) is 5.98. The Balaban J connectivity index is 1.71. The molecule has 3 nitrogen and oxygen atoms in total. The maximum absolute atomic E-state index is 4.58. The number of rotatable bonds is 5. The van der Waals surface area contributed by atoms with Gasteiger partial charge < -0.3 is 5.32 Å². The van der Waals surface area contributed by atoms with Gasteiger partial charge >= 0.3 is 0 Å². The summed E-state index contributed by atoms with van der Waals surface area (Å²) in [7, 11) is 0. The fraction of sp³-hybridized carbons (Fsp3) is 0.800. The standard InChI is InChI=1S/C15H27N3/c1-13(2)16-10-5-14-6-11-18(12-7-14)15(3)8-4-9-17-15/h4,8-9,13-14,16H,5-7,10-12H2,1-3H3. The smallest absolute Gasteiger partial charge is 0.129 e. The van der Waals surface area contributed by atoms with E-state index in [1.165, 1.54) is 32.4 Å². The molecule has 0 aliphatic carbocycles. The van der Waals surface area contributed by atoms with Gasteiger partial charge in [-0.2, -0.15) is 0 Å². The Morgan fingerprint density at radius 3 is 2.67 bits per heavy atom. The van der Waals surface area contributed by atoms with Crippen LogP contribution in [0.25, 0.3) is 0 Å². The number of nitrogens with zero attached hydrogens (tertiary/aromatic N) is 2. The lowest BCUT2D eigenvalue weighted by Crippen LogP contribution is -2.47. The molecule has 1 fully saturated rings. The van der Waals surface area contributed by atoms with E-state index in [1.807, 2.05) is 6.21 Å². The normalized spacial score (nSPS) is 29.6. The Kier molecular flexibility index (Phi) is 4.57. The van der Waals surface area contributed by atoms with Crippen LogP contribution in [0.3, 0.4) is 0 Å². The van der Waals surface area contributed by atoms with E-state index in [0.29, 0.717) is 6.04 Å². The van der Waals surface area contributed by atoms with E-state index in [-0.39, 0.29) is 5.66 Å². The predicted molar refractivity (Wildman–Crippen MR) is 78.1 cm³/mol. The van der Waals surface area contributed by atoms with E-state index in [2.05, 4.69) is 48.1 Å². The van der Waals surface area contributed by atoms with Gasteiger partial charge in [0.1, 0.15) is 5.66 Å². The molecule has 0 aromatic rings. The number of hydrogen-bond donors (Lipinski definition) is 1. The maximum Gasteiger partial charge on any atom is 0.129 e. The van der Waals surface area contributed by atoms with Crippen molar-refractivity contribution in [2.45, 2.75) is 51.7 Å². The van der Waals surface area contributed by atoms with E-state index in [0.717, 1.165) is 12.5 Å². The van der Waals surface area contributed by atoms with Gasteiger partial charge in [0, 0.05) is 25.3 Å². The highest BCUT2D eigenvalue weighted by molar-refractivity contribution is 5.75. The molecule has 0 spiro atoms. The summed E-state index contributed by atoms with van der Waals surface area (Å²) in [5, 5.41) is 3.52. The summed E-state index contributed by atoms with van der Waals surface area (Å²) in [6, 6.07) is 0.613. The van der Waals surface area contributed by atoms with E-state index >= 15 is 0 Å². The molecule has 102 valence electrons. The van der Waals surface area contributed by atoms with Gasteiger partial charge in [-0.05, 0) is 50.8 Å². The molecule has 0 aromatic carbocycles. The minimum absolute atomic E-state index is 0.0544. The fourth-order valence-corrected chi connectivity index (χ4v) is 2.90. The monoisotopic (exact) mass is 249 g/mol. The van der Waals surface area contributed by atoms with Crippen LogP contribution in [0.2, 0.25) is 0 Å². The Hall–Kier alpha value is -0.670.